The number of aromatic amines is 1. The minimum atomic E-state index is -0.655. The van der Waals surface area contributed by atoms with E-state index in [2.05, 4.69) is 19.9 Å². The number of imidazole rings is 1. The van der Waals surface area contributed by atoms with E-state index in [0.717, 1.165) is 11.6 Å². The highest BCUT2D eigenvalue weighted by Gasteiger charge is 2.13. The number of nitrogens with one attached hydrogen (secondary N) is 1. The third-order valence-corrected chi connectivity index (χ3v) is 4.39. The number of rotatable bonds is 4. The molecule has 28 heavy (non-hydrogen) atoms. The van der Waals surface area contributed by atoms with E-state index in [0.29, 0.717) is 34.7 Å². The van der Waals surface area contributed by atoms with Gasteiger partial charge in [-0.15, -0.1) is 0 Å². The molecule has 0 aliphatic rings. The zero-order valence-corrected chi connectivity index (χ0v) is 15.3. The molecule has 0 aliphatic heterocycles. The molecule has 0 fully saturated rings. The molecule has 8 heteroatoms. The van der Waals surface area contributed by atoms with Gasteiger partial charge in [-0.2, -0.15) is 0 Å². The van der Waals surface area contributed by atoms with Crippen LogP contribution in [0.1, 0.15) is 31.3 Å². The first-order chi connectivity index (χ1) is 13.4. The van der Waals surface area contributed by atoms with Gasteiger partial charge in [-0.1, -0.05) is 6.07 Å². The average molecular weight is 381 g/mol. The lowest BCUT2D eigenvalue weighted by molar-refractivity contribution is 0.584. The molecule has 0 atom stereocenters. The number of pyridine rings is 1. The van der Waals surface area contributed by atoms with Crippen LogP contribution in [0.2, 0.25) is 0 Å². The summed E-state index contributed by atoms with van der Waals surface area (Å²) in [5.74, 6) is -0.818. The Morgan fingerprint density at radius 2 is 1.86 bits per heavy atom. The number of aromatic nitrogens is 5. The molecule has 1 N–H and O–H groups in total. The fourth-order valence-corrected chi connectivity index (χ4v) is 3.03. The number of hydrogen-bond acceptors (Lipinski definition) is 4. The first-order valence-corrected chi connectivity index (χ1v) is 8.78. The number of nitrogens with zero attached hydrogens (tertiary/aromatic N) is 4. The first-order valence-electron chi connectivity index (χ1n) is 8.78. The van der Waals surface area contributed by atoms with E-state index in [-0.39, 0.29) is 11.6 Å². The number of fused-ring (bicyclic) bond motifs is 1. The predicted molar refractivity (Wildman–Crippen MR) is 101 cm³/mol. The monoisotopic (exact) mass is 381 g/mol. The summed E-state index contributed by atoms with van der Waals surface area (Å²) in [5, 5.41) is 0. The molecule has 0 spiro atoms. The molecule has 3 heterocycles. The smallest absolute Gasteiger partial charge is 0.279 e. The van der Waals surface area contributed by atoms with Crippen molar-refractivity contribution in [3.63, 3.8) is 0 Å². The van der Waals surface area contributed by atoms with Crippen molar-refractivity contribution in [2.75, 3.05) is 0 Å². The minimum absolute atomic E-state index is 0.125. The van der Waals surface area contributed by atoms with Gasteiger partial charge in [0.25, 0.3) is 5.56 Å². The van der Waals surface area contributed by atoms with Crippen LogP contribution in [-0.4, -0.2) is 24.5 Å². The van der Waals surface area contributed by atoms with Crippen molar-refractivity contribution in [2.45, 2.75) is 26.3 Å². The Kier molecular flexibility index (Phi) is 4.46. The van der Waals surface area contributed by atoms with Crippen molar-refractivity contribution in [3.05, 3.63) is 76.2 Å². The van der Waals surface area contributed by atoms with Crippen LogP contribution in [0.25, 0.3) is 22.4 Å². The van der Waals surface area contributed by atoms with E-state index >= 15 is 0 Å². The summed E-state index contributed by atoms with van der Waals surface area (Å²) in [5.41, 5.74) is 2.17. The number of H-pyrrole nitrogens is 1. The molecule has 0 unspecified atom stereocenters. The molecule has 0 aliphatic carbocycles. The topological polar surface area (TPSA) is 76.5 Å². The zero-order chi connectivity index (χ0) is 19.8. The lowest BCUT2D eigenvalue weighted by Crippen LogP contribution is -2.14. The van der Waals surface area contributed by atoms with Crippen LogP contribution in [-0.2, 0) is 6.42 Å². The molecule has 3 aromatic heterocycles. The number of halogens is 2. The second-order valence-corrected chi connectivity index (χ2v) is 6.82. The third-order valence-electron chi connectivity index (χ3n) is 4.39. The SMILES string of the molecule is CC(C)n1cnc2c(=O)[nH]c(Cc3ccc(-c4cc(F)cc(F)c4)nc3)nc21. The van der Waals surface area contributed by atoms with Gasteiger partial charge in [-0.05, 0) is 37.6 Å². The molecule has 0 radical (unpaired) electrons. The molecule has 0 saturated heterocycles. The molecule has 0 amide bonds. The Morgan fingerprint density at radius 1 is 1.11 bits per heavy atom. The highest BCUT2D eigenvalue weighted by molar-refractivity contribution is 5.69. The van der Waals surface area contributed by atoms with Crippen LogP contribution in [0, 0.1) is 11.6 Å². The van der Waals surface area contributed by atoms with Crippen molar-refractivity contribution in [3.8, 4) is 11.3 Å². The maximum atomic E-state index is 13.4. The summed E-state index contributed by atoms with van der Waals surface area (Å²) in [6, 6.07) is 6.86. The number of hydrogen-bond donors (Lipinski definition) is 1. The van der Waals surface area contributed by atoms with E-state index in [1.807, 2.05) is 18.4 Å². The summed E-state index contributed by atoms with van der Waals surface area (Å²) in [6.45, 7) is 3.98. The summed E-state index contributed by atoms with van der Waals surface area (Å²) < 4.78 is 28.6. The van der Waals surface area contributed by atoms with Gasteiger partial charge in [0, 0.05) is 30.3 Å². The van der Waals surface area contributed by atoms with Gasteiger partial charge < -0.3 is 9.55 Å². The van der Waals surface area contributed by atoms with E-state index in [4.69, 9.17) is 0 Å². The van der Waals surface area contributed by atoms with Crippen LogP contribution in [0.5, 0.6) is 0 Å². The van der Waals surface area contributed by atoms with Gasteiger partial charge in [0.05, 0.1) is 12.0 Å². The minimum Gasteiger partial charge on any atom is -0.313 e. The first kappa shape index (κ1) is 18.0. The third kappa shape index (κ3) is 3.40. The van der Waals surface area contributed by atoms with E-state index < -0.39 is 11.6 Å². The lowest BCUT2D eigenvalue weighted by atomic mass is 10.1. The van der Waals surface area contributed by atoms with Crippen molar-refractivity contribution >= 4 is 11.2 Å². The van der Waals surface area contributed by atoms with Crippen molar-refractivity contribution < 1.29 is 8.78 Å². The molecule has 6 nitrogen and oxygen atoms in total. The Labute approximate surface area is 158 Å². The van der Waals surface area contributed by atoms with E-state index in [1.54, 1.807) is 24.7 Å². The molecular weight excluding hydrogens is 364 g/mol. The Morgan fingerprint density at radius 3 is 2.50 bits per heavy atom. The van der Waals surface area contributed by atoms with E-state index in [9.17, 15) is 13.6 Å². The molecular formula is C20H17F2N5O. The molecule has 4 aromatic rings. The van der Waals surface area contributed by atoms with Crippen LogP contribution in [0.15, 0.2) is 47.7 Å². The van der Waals surface area contributed by atoms with Crippen LogP contribution in [0.3, 0.4) is 0 Å². The van der Waals surface area contributed by atoms with Crippen molar-refractivity contribution in [1.29, 1.82) is 0 Å². The lowest BCUT2D eigenvalue weighted by Gasteiger charge is -2.08. The Balaban J connectivity index is 1.64. The van der Waals surface area contributed by atoms with Gasteiger partial charge in [-0.3, -0.25) is 9.78 Å². The van der Waals surface area contributed by atoms with Crippen LogP contribution >= 0.6 is 0 Å². The van der Waals surface area contributed by atoms with Gasteiger partial charge in [-0.25, -0.2) is 18.7 Å². The Bertz CT molecular complexity index is 1190. The van der Waals surface area contributed by atoms with Gasteiger partial charge >= 0.3 is 0 Å². The van der Waals surface area contributed by atoms with Gasteiger partial charge in [0.15, 0.2) is 11.2 Å². The second-order valence-electron chi connectivity index (χ2n) is 6.82. The molecule has 4 rings (SSSR count). The van der Waals surface area contributed by atoms with Gasteiger partial charge in [0.2, 0.25) is 0 Å². The fraction of sp³-hybridized carbons (Fsp3) is 0.200. The second kappa shape index (κ2) is 6.95. The summed E-state index contributed by atoms with van der Waals surface area (Å²) in [7, 11) is 0. The average Bonchev–Trinajstić information content (AvgIpc) is 3.06. The van der Waals surface area contributed by atoms with E-state index in [1.165, 1.54) is 12.1 Å². The molecule has 142 valence electrons. The normalized spacial score (nSPS) is 11.5. The fourth-order valence-electron chi connectivity index (χ4n) is 3.03. The quantitative estimate of drug-likeness (QED) is 0.586. The maximum Gasteiger partial charge on any atom is 0.279 e. The highest BCUT2D eigenvalue weighted by atomic mass is 19.1. The predicted octanol–water partition coefficient (Wildman–Crippen LogP) is 3.63. The highest BCUT2D eigenvalue weighted by Crippen LogP contribution is 2.20. The summed E-state index contributed by atoms with van der Waals surface area (Å²) >= 11 is 0. The zero-order valence-electron chi connectivity index (χ0n) is 15.3. The summed E-state index contributed by atoms with van der Waals surface area (Å²) in [6.07, 6.45) is 3.57. The van der Waals surface area contributed by atoms with Crippen LogP contribution < -0.4 is 5.56 Å². The molecule has 0 saturated carbocycles. The number of benzene rings is 1. The molecule has 0 bridgehead atoms. The summed E-state index contributed by atoms with van der Waals surface area (Å²) in [4.78, 5) is 28.0. The van der Waals surface area contributed by atoms with Crippen molar-refractivity contribution in [2.24, 2.45) is 0 Å². The molecule has 1 aromatic carbocycles. The largest absolute Gasteiger partial charge is 0.313 e. The van der Waals surface area contributed by atoms with Crippen molar-refractivity contribution in [1.82, 2.24) is 24.5 Å². The Hall–Kier alpha value is -3.42. The maximum absolute atomic E-state index is 13.4. The van der Waals surface area contributed by atoms with Crippen LogP contribution in [0.4, 0.5) is 8.78 Å². The van der Waals surface area contributed by atoms with Gasteiger partial charge in [0.1, 0.15) is 17.5 Å². The standard InChI is InChI=1S/C20H17F2N5O/c1-11(2)27-10-24-18-19(27)25-17(26-20(18)28)5-12-3-4-16(23-9-12)13-6-14(21)8-15(22)7-13/h3-4,6-11H,5H2,1-2H3,(H,25,26,28).